The minimum atomic E-state index is -4.59. The van der Waals surface area contributed by atoms with E-state index in [4.69, 9.17) is 0 Å². The number of alkyl halides is 3. The van der Waals surface area contributed by atoms with Crippen LogP contribution >= 0.6 is 11.3 Å². The van der Waals surface area contributed by atoms with Gasteiger partial charge < -0.3 is 5.32 Å². The van der Waals surface area contributed by atoms with Crippen LogP contribution in [0.15, 0.2) is 69.6 Å². The number of para-hydroxylation sites is 1. The molecule has 0 saturated carbocycles. The smallest absolute Gasteiger partial charge is 0.325 e. The minimum Gasteiger partial charge on any atom is -0.325 e. The fourth-order valence-electron chi connectivity index (χ4n) is 3.20. The van der Waals surface area contributed by atoms with Gasteiger partial charge in [-0.2, -0.15) is 13.2 Å². The summed E-state index contributed by atoms with van der Waals surface area (Å²) in [5, 5.41) is 3.86. The molecule has 0 spiro atoms. The van der Waals surface area contributed by atoms with Gasteiger partial charge in [0.1, 0.15) is 17.1 Å². The molecule has 1 N–H and O–H groups in total. The van der Waals surface area contributed by atoms with E-state index < -0.39 is 41.3 Å². The van der Waals surface area contributed by atoms with E-state index in [1.807, 2.05) is 0 Å². The zero-order valence-electron chi connectivity index (χ0n) is 16.0. The summed E-state index contributed by atoms with van der Waals surface area (Å²) in [5.74, 6) is -1.60. The number of carbonyl (C=O) groups is 1. The van der Waals surface area contributed by atoms with Crippen LogP contribution in [0.3, 0.4) is 0 Å². The molecule has 164 valence electrons. The Morgan fingerprint density at radius 2 is 1.78 bits per heavy atom. The number of nitrogens with one attached hydrogen (secondary N) is 1. The van der Waals surface area contributed by atoms with Crippen molar-refractivity contribution in [2.75, 3.05) is 5.32 Å². The molecule has 0 bridgehead atoms. The number of nitrogens with zero attached hydrogens (tertiary/aromatic N) is 2. The number of hydrogen-bond acceptors (Lipinski definition) is 4. The Labute approximate surface area is 181 Å². The van der Waals surface area contributed by atoms with Crippen molar-refractivity contribution in [3.63, 3.8) is 0 Å². The van der Waals surface area contributed by atoms with Crippen molar-refractivity contribution in [2.45, 2.75) is 12.7 Å². The maximum atomic E-state index is 14.3. The third-order valence-corrected chi connectivity index (χ3v) is 5.52. The Hall–Kier alpha value is -3.73. The van der Waals surface area contributed by atoms with Crippen molar-refractivity contribution in [3.05, 3.63) is 92.2 Å². The second-order valence-electron chi connectivity index (χ2n) is 6.72. The summed E-state index contributed by atoms with van der Waals surface area (Å²) < 4.78 is 54.7. The van der Waals surface area contributed by atoms with Crippen molar-refractivity contribution in [1.82, 2.24) is 9.13 Å². The Morgan fingerprint density at radius 3 is 2.50 bits per heavy atom. The van der Waals surface area contributed by atoms with Gasteiger partial charge in [-0.3, -0.25) is 14.2 Å². The summed E-state index contributed by atoms with van der Waals surface area (Å²) in [6.07, 6.45) is -4.59. The van der Waals surface area contributed by atoms with Gasteiger partial charge >= 0.3 is 11.9 Å². The van der Waals surface area contributed by atoms with E-state index in [1.165, 1.54) is 30.3 Å². The molecular weight excluding hydrogens is 450 g/mol. The monoisotopic (exact) mass is 463 g/mol. The third kappa shape index (κ3) is 3.94. The van der Waals surface area contributed by atoms with Crippen molar-refractivity contribution < 1.29 is 22.4 Å². The molecule has 2 aromatic carbocycles. The predicted molar refractivity (Wildman–Crippen MR) is 112 cm³/mol. The van der Waals surface area contributed by atoms with E-state index in [0.29, 0.717) is 4.57 Å². The standard InChI is InChI=1S/C21H13F4N3O3S/c22-14-6-1-2-7-15(14)28-19(30)18-16(8-9-32-18)27(20(28)31)11-17(29)26-13-5-3-4-12(10-13)21(23,24)25/h1-10H,11H2,(H,26,29). The normalized spacial score (nSPS) is 11.6. The Balaban J connectivity index is 1.75. The van der Waals surface area contributed by atoms with Crippen LogP contribution in [-0.2, 0) is 17.5 Å². The van der Waals surface area contributed by atoms with Gasteiger partial charge in [0, 0.05) is 5.69 Å². The van der Waals surface area contributed by atoms with E-state index in [1.54, 1.807) is 5.38 Å². The SMILES string of the molecule is O=C(Cn1c(=O)n(-c2ccccc2F)c(=O)c2sccc21)Nc1cccc(C(F)(F)F)c1. The number of thiophene rings is 1. The van der Waals surface area contributed by atoms with Crippen LogP contribution in [0.5, 0.6) is 0 Å². The summed E-state index contributed by atoms with van der Waals surface area (Å²) in [5.41, 5.74) is -2.85. The number of halogens is 4. The molecular formula is C21H13F4N3O3S. The minimum absolute atomic E-state index is 0.109. The number of anilines is 1. The van der Waals surface area contributed by atoms with Gasteiger partial charge in [-0.05, 0) is 41.8 Å². The zero-order valence-corrected chi connectivity index (χ0v) is 16.8. The maximum absolute atomic E-state index is 14.3. The molecule has 32 heavy (non-hydrogen) atoms. The van der Waals surface area contributed by atoms with Gasteiger partial charge in [0.2, 0.25) is 5.91 Å². The number of rotatable bonds is 4. The molecule has 0 radical (unpaired) electrons. The molecule has 0 saturated heterocycles. The van der Waals surface area contributed by atoms with E-state index in [9.17, 15) is 31.9 Å². The van der Waals surface area contributed by atoms with Gasteiger partial charge in [-0.1, -0.05) is 18.2 Å². The van der Waals surface area contributed by atoms with Crippen molar-refractivity contribution in [1.29, 1.82) is 0 Å². The highest BCUT2D eigenvalue weighted by molar-refractivity contribution is 7.17. The highest BCUT2D eigenvalue weighted by Crippen LogP contribution is 2.30. The van der Waals surface area contributed by atoms with E-state index in [2.05, 4.69) is 5.32 Å². The van der Waals surface area contributed by atoms with Gasteiger partial charge in [0.05, 0.1) is 16.8 Å². The summed E-state index contributed by atoms with van der Waals surface area (Å²) in [4.78, 5) is 38.4. The molecule has 4 rings (SSSR count). The topological polar surface area (TPSA) is 73.1 Å². The van der Waals surface area contributed by atoms with E-state index in [-0.39, 0.29) is 21.6 Å². The first-order chi connectivity index (χ1) is 15.2. The van der Waals surface area contributed by atoms with Crippen molar-refractivity contribution in [3.8, 4) is 5.69 Å². The third-order valence-electron chi connectivity index (χ3n) is 4.62. The number of carbonyl (C=O) groups excluding carboxylic acids is 1. The largest absolute Gasteiger partial charge is 0.416 e. The zero-order chi connectivity index (χ0) is 23.0. The first-order valence-electron chi connectivity index (χ1n) is 9.12. The molecule has 2 heterocycles. The number of hydrogen-bond donors (Lipinski definition) is 1. The summed E-state index contributed by atoms with van der Waals surface area (Å²) >= 11 is 1.02. The lowest BCUT2D eigenvalue weighted by Crippen LogP contribution is -2.40. The molecule has 6 nitrogen and oxygen atoms in total. The lowest BCUT2D eigenvalue weighted by molar-refractivity contribution is -0.137. The summed E-state index contributed by atoms with van der Waals surface area (Å²) in [7, 11) is 0. The van der Waals surface area contributed by atoms with Gasteiger partial charge in [0.15, 0.2) is 0 Å². The molecule has 0 aliphatic carbocycles. The fourth-order valence-corrected chi connectivity index (χ4v) is 4.03. The van der Waals surface area contributed by atoms with Crippen molar-refractivity contribution in [2.24, 2.45) is 0 Å². The summed E-state index contributed by atoms with van der Waals surface area (Å²) in [6.45, 7) is -0.600. The Morgan fingerprint density at radius 1 is 1.03 bits per heavy atom. The molecule has 0 unspecified atom stereocenters. The number of amides is 1. The van der Waals surface area contributed by atoms with Crippen LogP contribution in [0.4, 0.5) is 23.2 Å². The quantitative estimate of drug-likeness (QED) is 0.465. The first-order valence-corrected chi connectivity index (χ1v) is 10.00. The fraction of sp³-hybridized carbons (Fsp3) is 0.0952. The Kier molecular flexibility index (Phi) is 5.43. The number of aromatic nitrogens is 2. The molecule has 1 amide bonds. The van der Waals surface area contributed by atoms with Gasteiger partial charge in [0.25, 0.3) is 5.56 Å². The van der Waals surface area contributed by atoms with Crippen LogP contribution < -0.4 is 16.6 Å². The van der Waals surface area contributed by atoms with Crippen LogP contribution in [-0.4, -0.2) is 15.0 Å². The second kappa shape index (κ2) is 8.08. The van der Waals surface area contributed by atoms with Crippen LogP contribution in [0.1, 0.15) is 5.56 Å². The van der Waals surface area contributed by atoms with Crippen LogP contribution in [0.2, 0.25) is 0 Å². The summed E-state index contributed by atoms with van der Waals surface area (Å²) in [6, 6.07) is 10.7. The molecule has 4 aromatic rings. The van der Waals surface area contributed by atoms with Crippen LogP contribution in [0.25, 0.3) is 15.9 Å². The molecule has 0 aliphatic rings. The predicted octanol–water partition coefficient (Wildman–Crippen LogP) is 4.01. The maximum Gasteiger partial charge on any atom is 0.416 e. The second-order valence-corrected chi connectivity index (χ2v) is 7.64. The lowest BCUT2D eigenvalue weighted by Gasteiger charge is -2.13. The van der Waals surface area contributed by atoms with Crippen LogP contribution in [0, 0.1) is 5.82 Å². The molecule has 0 atom stereocenters. The number of benzene rings is 2. The van der Waals surface area contributed by atoms with E-state index in [0.717, 1.165) is 40.2 Å². The van der Waals surface area contributed by atoms with Crippen molar-refractivity contribution >= 4 is 33.1 Å². The number of fused-ring (bicyclic) bond motifs is 1. The molecule has 2 aromatic heterocycles. The van der Waals surface area contributed by atoms with Gasteiger partial charge in [-0.25, -0.2) is 13.8 Å². The Bertz CT molecular complexity index is 1450. The van der Waals surface area contributed by atoms with E-state index >= 15 is 0 Å². The molecule has 11 heteroatoms. The lowest BCUT2D eigenvalue weighted by atomic mass is 10.2. The highest BCUT2D eigenvalue weighted by Gasteiger charge is 2.30. The average molecular weight is 463 g/mol. The van der Waals surface area contributed by atoms with Gasteiger partial charge in [-0.15, -0.1) is 11.3 Å². The highest BCUT2D eigenvalue weighted by atomic mass is 32.1. The average Bonchev–Trinajstić information content (AvgIpc) is 3.22. The first kappa shape index (κ1) is 21.5. The molecule has 0 aliphatic heterocycles. The molecule has 0 fully saturated rings.